The first kappa shape index (κ1) is 12.8. The highest BCUT2D eigenvalue weighted by molar-refractivity contribution is 5.86. The van der Waals surface area contributed by atoms with Gasteiger partial charge >= 0.3 is 0 Å². The highest BCUT2D eigenvalue weighted by Crippen LogP contribution is 2.04. The third-order valence-electron chi connectivity index (χ3n) is 1.59. The van der Waals surface area contributed by atoms with Crippen LogP contribution in [0.15, 0.2) is 0 Å². The second-order valence-electron chi connectivity index (χ2n) is 3.48. The number of nitrogens with one attached hydrogen (secondary N) is 2. The molecule has 0 heterocycles. The highest BCUT2D eigenvalue weighted by atomic mass is 19.2. The van der Waals surface area contributed by atoms with E-state index in [1.165, 1.54) is 5.54 Å². The molecular weight excluding hydrogens is 189 g/mol. The van der Waals surface area contributed by atoms with E-state index in [1.807, 2.05) is 13.8 Å². The van der Waals surface area contributed by atoms with Crippen LogP contribution in [0.1, 0.15) is 20.3 Å². The number of carbonyl (C=O) groups is 2. The molecule has 0 saturated carbocycles. The molecule has 0 aliphatic rings. The Morgan fingerprint density at radius 2 is 2.00 bits per heavy atom. The smallest absolute Gasteiger partial charge is 0.240 e. The second-order valence-corrected chi connectivity index (χ2v) is 3.48. The van der Waals surface area contributed by atoms with Crippen LogP contribution in [0.25, 0.3) is 0 Å². The number of nitrogens with two attached hydrogens (primary N) is 1. The molecule has 0 radical (unpaired) electrons. The van der Waals surface area contributed by atoms with Crippen LogP contribution in [0.3, 0.4) is 0 Å². The van der Waals surface area contributed by atoms with E-state index in [4.69, 9.17) is 5.73 Å². The Bertz CT molecular complexity index is 209. The van der Waals surface area contributed by atoms with Crippen molar-refractivity contribution < 1.29 is 14.1 Å². The summed E-state index contributed by atoms with van der Waals surface area (Å²) in [4.78, 5) is 21.5. The van der Waals surface area contributed by atoms with Gasteiger partial charge in [-0.05, 0) is 12.3 Å². The summed E-state index contributed by atoms with van der Waals surface area (Å²) in [6, 6.07) is -0.922. The van der Waals surface area contributed by atoms with Crippen LogP contribution in [-0.4, -0.2) is 24.4 Å². The van der Waals surface area contributed by atoms with Gasteiger partial charge in [0, 0.05) is 0 Å². The van der Waals surface area contributed by atoms with Crippen molar-refractivity contribution in [3.63, 3.8) is 0 Å². The van der Waals surface area contributed by atoms with Crippen molar-refractivity contribution in [1.82, 2.24) is 10.9 Å². The molecule has 0 aromatic rings. The van der Waals surface area contributed by atoms with Gasteiger partial charge in [-0.1, -0.05) is 13.8 Å². The van der Waals surface area contributed by atoms with Gasteiger partial charge < -0.3 is 11.1 Å². The minimum atomic E-state index is -0.922. The van der Waals surface area contributed by atoms with Crippen LogP contribution >= 0.6 is 0 Å². The highest BCUT2D eigenvalue weighted by Gasteiger charge is 2.19. The molecule has 0 rings (SSSR count). The first-order chi connectivity index (χ1) is 6.47. The molecule has 5 nitrogen and oxygen atoms in total. The lowest BCUT2D eigenvalue weighted by Crippen LogP contribution is -2.44. The largest absolute Gasteiger partial charge is 0.368 e. The summed E-state index contributed by atoms with van der Waals surface area (Å²) in [5.74, 6) is -1.02. The molecule has 6 heteroatoms. The minimum Gasteiger partial charge on any atom is -0.368 e. The van der Waals surface area contributed by atoms with Gasteiger partial charge in [0.15, 0.2) is 0 Å². The van der Waals surface area contributed by atoms with Crippen molar-refractivity contribution in [1.29, 1.82) is 0 Å². The number of rotatable bonds is 6. The van der Waals surface area contributed by atoms with E-state index in [0.717, 1.165) is 0 Å². The fraction of sp³-hybridized carbons (Fsp3) is 0.750. The molecule has 0 aromatic carbocycles. The van der Waals surface area contributed by atoms with Gasteiger partial charge in [0.1, 0.15) is 6.04 Å². The Morgan fingerprint density at radius 3 is 2.36 bits per heavy atom. The van der Waals surface area contributed by atoms with Gasteiger partial charge in [-0.15, -0.1) is 10.0 Å². The lowest BCUT2D eigenvalue weighted by atomic mass is 10.0. The Hall–Kier alpha value is -1.17. The summed E-state index contributed by atoms with van der Waals surface area (Å²) < 4.78 is 12.2. The first-order valence-electron chi connectivity index (χ1n) is 4.39. The quantitative estimate of drug-likeness (QED) is 0.510. The van der Waals surface area contributed by atoms with Crippen molar-refractivity contribution in [3.05, 3.63) is 0 Å². The van der Waals surface area contributed by atoms with E-state index in [2.05, 4.69) is 5.32 Å². The van der Waals surface area contributed by atoms with Crippen LogP contribution < -0.4 is 16.6 Å². The topological polar surface area (TPSA) is 84.2 Å². The Kier molecular flexibility index (Phi) is 5.78. The van der Waals surface area contributed by atoms with E-state index < -0.39 is 17.9 Å². The molecule has 0 bridgehead atoms. The van der Waals surface area contributed by atoms with Crippen molar-refractivity contribution in [2.45, 2.75) is 26.3 Å². The third-order valence-corrected chi connectivity index (χ3v) is 1.59. The molecular formula is C8H16FN3O2. The fourth-order valence-corrected chi connectivity index (χ4v) is 0.970. The molecule has 14 heavy (non-hydrogen) atoms. The molecule has 2 amide bonds. The predicted octanol–water partition coefficient (Wildman–Crippen LogP) is -0.523. The normalized spacial score (nSPS) is 12.6. The maximum absolute atomic E-state index is 12.2. The first-order valence-corrected chi connectivity index (χ1v) is 4.39. The van der Waals surface area contributed by atoms with Crippen LogP contribution in [0.2, 0.25) is 0 Å². The summed E-state index contributed by atoms with van der Waals surface area (Å²) in [7, 11) is 0. The van der Waals surface area contributed by atoms with E-state index in [0.29, 0.717) is 6.42 Å². The number of hydrogen-bond acceptors (Lipinski definition) is 3. The van der Waals surface area contributed by atoms with Crippen LogP contribution in [0, 0.1) is 5.92 Å². The van der Waals surface area contributed by atoms with Crippen molar-refractivity contribution in [2.75, 3.05) is 6.54 Å². The molecule has 0 fully saturated rings. The summed E-state index contributed by atoms with van der Waals surface area (Å²) in [6.45, 7) is 3.46. The average Bonchev–Trinajstić information content (AvgIpc) is 2.09. The zero-order valence-corrected chi connectivity index (χ0v) is 8.34. The van der Waals surface area contributed by atoms with Crippen molar-refractivity contribution >= 4 is 11.8 Å². The van der Waals surface area contributed by atoms with Gasteiger partial charge in [0.25, 0.3) is 0 Å². The number of halogens is 1. The SMILES string of the molecule is CC(C)CC(NF)C(=O)NCC(N)=O. The molecule has 1 unspecified atom stereocenters. The van der Waals surface area contributed by atoms with Gasteiger partial charge in [0.2, 0.25) is 11.8 Å². The Morgan fingerprint density at radius 1 is 1.43 bits per heavy atom. The summed E-state index contributed by atoms with van der Waals surface area (Å²) >= 11 is 0. The van der Waals surface area contributed by atoms with E-state index in [9.17, 15) is 14.1 Å². The molecule has 0 saturated heterocycles. The van der Waals surface area contributed by atoms with Gasteiger partial charge in [0.05, 0.1) is 6.54 Å². The lowest BCUT2D eigenvalue weighted by molar-refractivity contribution is -0.127. The Balaban J connectivity index is 3.97. The molecule has 0 spiro atoms. The third kappa shape index (κ3) is 5.47. The standard InChI is InChI=1S/C8H16FN3O2/c1-5(2)3-6(12-9)8(14)11-4-7(10)13/h5-6,12H,3-4H2,1-2H3,(H2,10,13)(H,11,14). The van der Waals surface area contributed by atoms with E-state index >= 15 is 0 Å². The van der Waals surface area contributed by atoms with Gasteiger partial charge in [-0.3, -0.25) is 9.59 Å². The number of hydrogen-bond donors (Lipinski definition) is 3. The number of primary amides is 1. The maximum Gasteiger partial charge on any atom is 0.240 e. The maximum atomic E-state index is 12.2. The fourth-order valence-electron chi connectivity index (χ4n) is 0.970. The summed E-state index contributed by atoms with van der Waals surface area (Å²) in [5, 5.41) is 2.22. The van der Waals surface area contributed by atoms with Crippen LogP contribution in [-0.2, 0) is 9.59 Å². The average molecular weight is 205 g/mol. The van der Waals surface area contributed by atoms with Crippen molar-refractivity contribution in [2.24, 2.45) is 11.7 Å². The minimum absolute atomic E-state index is 0.183. The van der Waals surface area contributed by atoms with Gasteiger partial charge in [-0.25, -0.2) is 0 Å². The predicted molar refractivity (Wildman–Crippen MR) is 49.7 cm³/mol. The zero-order valence-electron chi connectivity index (χ0n) is 8.34. The lowest BCUT2D eigenvalue weighted by Gasteiger charge is -2.14. The molecule has 0 aliphatic heterocycles. The van der Waals surface area contributed by atoms with Crippen LogP contribution in [0.5, 0.6) is 0 Å². The van der Waals surface area contributed by atoms with Crippen LogP contribution in [0.4, 0.5) is 4.48 Å². The zero-order chi connectivity index (χ0) is 11.1. The molecule has 82 valence electrons. The number of amides is 2. The molecule has 0 aromatic heterocycles. The summed E-state index contributed by atoms with van der Waals surface area (Å²) in [6.07, 6.45) is 0.362. The Labute approximate surface area is 82.2 Å². The van der Waals surface area contributed by atoms with Crippen molar-refractivity contribution in [3.8, 4) is 0 Å². The second kappa shape index (κ2) is 6.31. The summed E-state index contributed by atoms with van der Waals surface area (Å²) in [5.41, 5.74) is 6.21. The molecule has 1 atom stereocenters. The van der Waals surface area contributed by atoms with E-state index in [1.54, 1.807) is 0 Å². The monoisotopic (exact) mass is 205 g/mol. The van der Waals surface area contributed by atoms with E-state index in [-0.39, 0.29) is 12.5 Å². The number of carbonyl (C=O) groups excluding carboxylic acids is 2. The molecule has 4 N–H and O–H groups in total. The molecule has 0 aliphatic carbocycles. The van der Waals surface area contributed by atoms with Gasteiger partial charge in [-0.2, -0.15) is 0 Å².